The first kappa shape index (κ1) is 21.1. The zero-order valence-electron chi connectivity index (χ0n) is 18.7. The second-order valence-electron chi connectivity index (χ2n) is 9.10. The van der Waals surface area contributed by atoms with Crippen LogP contribution in [-0.4, -0.2) is 57.4 Å². The van der Waals surface area contributed by atoms with Crippen molar-refractivity contribution in [3.63, 3.8) is 0 Å². The maximum absolute atomic E-state index is 13.5. The average Bonchev–Trinajstić information content (AvgIpc) is 3.51. The summed E-state index contributed by atoms with van der Waals surface area (Å²) in [6, 6.07) is 15.3. The van der Waals surface area contributed by atoms with Gasteiger partial charge in [-0.05, 0) is 30.9 Å². The van der Waals surface area contributed by atoms with E-state index in [1.807, 2.05) is 36.4 Å². The lowest BCUT2D eigenvalue weighted by atomic mass is 10.1. The van der Waals surface area contributed by atoms with E-state index in [1.54, 1.807) is 34.9 Å². The van der Waals surface area contributed by atoms with Crippen molar-refractivity contribution in [3.05, 3.63) is 76.3 Å². The number of carbonyl (C=O) groups is 3. The fraction of sp³-hybridized carbons (Fsp3) is 0.240. The van der Waals surface area contributed by atoms with Crippen molar-refractivity contribution in [2.75, 3.05) is 16.8 Å². The minimum atomic E-state index is -0.752. The molecule has 0 saturated carbocycles. The Hall–Kier alpha value is -4.47. The second-order valence-corrected chi connectivity index (χ2v) is 9.10. The number of fused-ring (bicyclic) bond motifs is 6. The summed E-state index contributed by atoms with van der Waals surface area (Å²) in [5, 5.41) is 15.7. The first-order chi connectivity index (χ1) is 16.8. The maximum atomic E-state index is 13.5. The number of nitro benzene ring substituents is 1. The van der Waals surface area contributed by atoms with Crippen LogP contribution >= 0.6 is 0 Å². The molecule has 3 atom stereocenters. The number of likely N-dealkylation sites (tertiary alicyclic amines) is 1. The van der Waals surface area contributed by atoms with E-state index in [-0.39, 0.29) is 23.7 Å². The van der Waals surface area contributed by atoms with Gasteiger partial charge in [0, 0.05) is 29.2 Å². The smallest absolute Gasteiger partial charge is 0.317 e. The molecule has 3 aromatic carbocycles. The number of aryl methyl sites for hydroxylation is 1. The monoisotopic (exact) mass is 471 g/mol. The molecule has 10 heteroatoms. The molecule has 3 heterocycles. The second kappa shape index (κ2) is 7.52. The highest BCUT2D eigenvalue weighted by Gasteiger charge is 2.63. The van der Waals surface area contributed by atoms with Crippen molar-refractivity contribution in [1.82, 2.24) is 9.80 Å². The van der Waals surface area contributed by atoms with Crippen LogP contribution in [0.25, 0.3) is 10.8 Å². The zero-order chi connectivity index (χ0) is 24.4. The van der Waals surface area contributed by atoms with Gasteiger partial charge in [-0.15, -0.1) is 0 Å². The molecule has 3 aromatic rings. The normalized spacial score (nSPS) is 22.8. The van der Waals surface area contributed by atoms with Crippen molar-refractivity contribution in [3.8, 4) is 0 Å². The standard InChI is InChI=1S/C25H21N5O5/c1-14-9-10-16(11-20(14)30(34)35)26-24(32)27-13-17-12-21(27)22-23(31)29(25(33)28(17)22)19-8-4-6-15-5-2-3-7-18(15)19/h2-11,17,21-22H,12-13H2,1H3,(H,26,32). The van der Waals surface area contributed by atoms with E-state index in [9.17, 15) is 24.5 Å². The summed E-state index contributed by atoms with van der Waals surface area (Å²) in [5.74, 6) is -0.345. The number of nitro groups is 1. The number of rotatable bonds is 3. The van der Waals surface area contributed by atoms with E-state index in [4.69, 9.17) is 0 Å². The summed E-state index contributed by atoms with van der Waals surface area (Å²) in [7, 11) is 0. The predicted octanol–water partition coefficient (Wildman–Crippen LogP) is 3.88. The van der Waals surface area contributed by atoms with Crippen LogP contribution in [0.4, 0.5) is 26.7 Å². The molecule has 2 bridgehead atoms. The number of anilines is 2. The Morgan fingerprint density at radius 1 is 1.09 bits per heavy atom. The van der Waals surface area contributed by atoms with Crippen LogP contribution in [0.1, 0.15) is 12.0 Å². The molecular weight excluding hydrogens is 450 g/mol. The Balaban J connectivity index is 1.27. The quantitative estimate of drug-likeness (QED) is 0.354. The topological polar surface area (TPSA) is 116 Å². The summed E-state index contributed by atoms with van der Waals surface area (Å²) in [4.78, 5) is 55.2. The fourth-order valence-corrected chi connectivity index (χ4v) is 5.59. The highest BCUT2D eigenvalue weighted by molar-refractivity contribution is 6.25. The molecule has 3 unspecified atom stereocenters. The van der Waals surface area contributed by atoms with Gasteiger partial charge in [0.1, 0.15) is 6.04 Å². The van der Waals surface area contributed by atoms with Gasteiger partial charge in [0.05, 0.1) is 22.7 Å². The Labute approximate surface area is 199 Å². The van der Waals surface area contributed by atoms with E-state index in [1.165, 1.54) is 11.0 Å². The minimum absolute atomic E-state index is 0.0841. The summed E-state index contributed by atoms with van der Waals surface area (Å²) in [5.41, 5.74) is 1.25. The summed E-state index contributed by atoms with van der Waals surface area (Å²) < 4.78 is 0. The third-order valence-corrected chi connectivity index (χ3v) is 7.19. The zero-order valence-corrected chi connectivity index (χ0v) is 18.7. The van der Waals surface area contributed by atoms with E-state index in [2.05, 4.69) is 5.32 Å². The Morgan fingerprint density at radius 2 is 1.86 bits per heavy atom. The molecule has 3 fully saturated rings. The van der Waals surface area contributed by atoms with Gasteiger partial charge in [-0.1, -0.05) is 42.5 Å². The van der Waals surface area contributed by atoms with Gasteiger partial charge in [0.2, 0.25) is 0 Å². The molecule has 0 radical (unpaired) electrons. The highest BCUT2D eigenvalue weighted by atomic mass is 16.6. The van der Waals surface area contributed by atoms with Gasteiger partial charge in [0.25, 0.3) is 11.6 Å². The number of piperazine rings is 1. The van der Waals surface area contributed by atoms with Crippen LogP contribution in [0, 0.1) is 17.0 Å². The number of imide groups is 1. The average molecular weight is 471 g/mol. The van der Waals surface area contributed by atoms with Crippen LogP contribution in [0.2, 0.25) is 0 Å². The minimum Gasteiger partial charge on any atom is -0.317 e. The van der Waals surface area contributed by atoms with E-state index < -0.39 is 23.0 Å². The molecule has 0 aromatic heterocycles. The van der Waals surface area contributed by atoms with Gasteiger partial charge >= 0.3 is 12.1 Å². The van der Waals surface area contributed by atoms with Crippen molar-refractivity contribution in [2.24, 2.45) is 0 Å². The third-order valence-electron chi connectivity index (χ3n) is 7.19. The molecule has 6 rings (SSSR count). The van der Waals surface area contributed by atoms with E-state index >= 15 is 0 Å². The molecule has 0 spiro atoms. The van der Waals surface area contributed by atoms with Crippen molar-refractivity contribution in [2.45, 2.75) is 31.5 Å². The molecule has 3 aliphatic heterocycles. The molecule has 35 heavy (non-hydrogen) atoms. The van der Waals surface area contributed by atoms with E-state index in [0.29, 0.717) is 29.9 Å². The molecular formula is C25H21N5O5. The lowest BCUT2D eigenvalue weighted by Crippen LogP contribution is -2.55. The number of amides is 5. The number of nitrogens with one attached hydrogen (secondary N) is 1. The molecule has 176 valence electrons. The molecule has 3 saturated heterocycles. The SMILES string of the molecule is Cc1ccc(NC(=O)N2CC3CC2C2C(=O)N(c4cccc5ccccc45)C(=O)N32)cc1[N+](=O)[O-]. The first-order valence-electron chi connectivity index (χ1n) is 11.3. The lowest BCUT2D eigenvalue weighted by molar-refractivity contribution is -0.385. The molecule has 10 nitrogen and oxygen atoms in total. The van der Waals surface area contributed by atoms with Crippen molar-refractivity contribution >= 4 is 45.8 Å². The van der Waals surface area contributed by atoms with Crippen molar-refractivity contribution < 1.29 is 19.3 Å². The van der Waals surface area contributed by atoms with Gasteiger partial charge in [-0.3, -0.25) is 14.9 Å². The number of nitrogens with zero attached hydrogens (tertiary/aromatic N) is 4. The number of hydrogen-bond acceptors (Lipinski definition) is 5. The summed E-state index contributed by atoms with van der Waals surface area (Å²) in [6.45, 7) is 1.92. The van der Waals surface area contributed by atoms with Crippen LogP contribution in [0.3, 0.4) is 0 Å². The summed E-state index contributed by atoms with van der Waals surface area (Å²) >= 11 is 0. The van der Waals surface area contributed by atoms with Gasteiger partial charge < -0.3 is 15.1 Å². The third kappa shape index (κ3) is 3.06. The van der Waals surface area contributed by atoms with E-state index in [0.717, 1.165) is 10.8 Å². The molecule has 1 N–H and O–H groups in total. The molecule has 5 amide bonds. The largest absolute Gasteiger partial charge is 0.332 e. The van der Waals surface area contributed by atoms with Crippen LogP contribution in [0.5, 0.6) is 0 Å². The maximum Gasteiger partial charge on any atom is 0.332 e. The van der Waals surface area contributed by atoms with Gasteiger partial charge in [-0.25, -0.2) is 14.5 Å². The lowest BCUT2D eigenvalue weighted by Gasteiger charge is -2.34. The van der Waals surface area contributed by atoms with Gasteiger partial charge in [-0.2, -0.15) is 0 Å². The number of urea groups is 2. The highest BCUT2D eigenvalue weighted by Crippen LogP contribution is 2.43. The Bertz CT molecular complexity index is 1430. The Morgan fingerprint density at radius 3 is 2.66 bits per heavy atom. The summed E-state index contributed by atoms with van der Waals surface area (Å²) in [6.07, 6.45) is 0.521. The van der Waals surface area contributed by atoms with Crippen LogP contribution in [0.15, 0.2) is 60.7 Å². The first-order valence-corrected chi connectivity index (χ1v) is 11.3. The van der Waals surface area contributed by atoms with Crippen LogP contribution < -0.4 is 10.2 Å². The van der Waals surface area contributed by atoms with Gasteiger partial charge in [0.15, 0.2) is 0 Å². The molecule has 0 aliphatic carbocycles. The number of hydrogen-bond donors (Lipinski definition) is 1. The number of benzene rings is 3. The Kier molecular flexibility index (Phi) is 4.53. The number of carbonyl (C=O) groups excluding carboxylic acids is 3. The van der Waals surface area contributed by atoms with Crippen LogP contribution in [-0.2, 0) is 4.79 Å². The van der Waals surface area contributed by atoms with Crippen molar-refractivity contribution in [1.29, 1.82) is 0 Å². The predicted molar refractivity (Wildman–Crippen MR) is 128 cm³/mol. The fourth-order valence-electron chi connectivity index (χ4n) is 5.59. The molecule has 3 aliphatic rings.